The van der Waals surface area contributed by atoms with Gasteiger partial charge in [-0.1, -0.05) is 0 Å². The minimum Gasteiger partial charge on any atom is -0.368 e. The first kappa shape index (κ1) is 12.0. The Bertz CT molecular complexity index is 259. The minimum atomic E-state index is -0.525. The average Bonchev–Trinajstić information content (AvgIpc) is 2.16. The van der Waals surface area contributed by atoms with Crippen LogP contribution in [-0.4, -0.2) is 42.4 Å². The summed E-state index contributed by atoms with van der Waals surface area (Å²) < 4.78 is 0. The third-order valence-electron chi connectivity index (χ3n) is 2.83. The van der Waals surface area contributed by atoms with Crippen molar-refractivity contribution < 1.29 is 9.59 Å². The van der Waals surface area contributed by atoms with E-state index in [1.807, 2.05) is 6.92 Å². The van der Waals surface area contributed by atoms with E-state index in [2.05, 4.69) is 5.32 Å². The van der Waals surface area contributed by atoms with Gasteiger partial charge in [-0.2, -0.15) is 0 Å². The van der Waals surface area contributed by atoms with Gasteiger partial charge in [0.05, 0.1) is 12.1 Å². The highest BCUT2D eigenvalue weighted by molar-refractivity contribution is 5.89. The van der Waals surface area contributed by atoms with Crippen molar-refractivity contribution in [1.29, 1.82) is 0 Å². The van der Waals surface area contributed by atoms with Crippen LogP contribution in [-0.2, 0) is 9.59 Å². The molecule has 0 aromatic heterocycles. The van der Waals surface area contributed by atoms with Crippen molar-refractivity contribution in [1.82, 2.24) is 10.2 Å². The van der Waals surface area contributed by atoms with Crippen LogP contribution in [0, 0.1) is 0 Å². The molecule has 0 spiro atoms. The smallest absolute Gasteiger partial charge is 0.242 e. The van der Waals surface area contributed by atoms with E-state index >= 15 is 0 Å². The summed E-state index contributed by atoms with van der Waals surface area (Å²) in [4.78, 5) is 24.1. The molecule has 0 bridgehead atoms. The van der Waals surface area contributed by atoms with E-state index in [-0.39, 0.29) is 12.5 Å². The molecule has 3 N–H and O–H groups in total. The van der Waals surface area contributed by atoms with E-state index < -0.39 is 11.4 Å². The van der Waals surface area contributed by atoms with Crippen LogP contribution in [0.1, 0.15) is 26.2 Å². The number of carbonyl (C=O) groups excluding carboxylic acids is 2. The number of hydrogen-bond donors (Lipinski definition) is 2. The summed E-state index contributed by atoms with van der Waals surface area (Å²) in [6.45, 7) is 2.72. The number of hydrogen-bond acceptors (Lipinski definition) is 3. The van der Waals surface area contributed by atoms with E-state index in [0.29, 0.717) is 0 Å². The van der Waals surface area contributed by atoms with E-state index in [0.717, 1.165) is 25.8 Å². The van der Waals surface area contributed by atoms with Gasteiger partial charge >= 0.3 is 0 Å². The molecule has 2 amide bonds. The molecule has 0 radical (unpaired) electrons. The highest BCUT2D eigenvalue weighted by Crippen LogP contribution is 2.20. The van der Waals surface area contributed by atoms with Gasteiger partial charge in [-0.3, -0.25) is 9.59 Å². The fraction of sp³-hybridized carbons (Fsp3) is 0.800. The van der Waals surface area contributed by atoms with Crippen molar-refractivity contribution in [3.05, 3.63) is 0 Å². The summed E-state index contributed by atoms with van der Waals surface area (Å²) in [6, 6.07) is 0. The lowest BCUT2D eigenvalue weighted by atomic mass is 9.89. The van der Waals surface area contributed by atoms with Crippen molar-refractivity contribution in [3.8, 4) is 0 Å². The van der Waals surface area contributed by atoms with Crippen LogP contribution in [0.4, 0.5) is 0 Å². The Kier molecular flexibility index (Phi) is 3.68. The van der Waals surface area contributed by atoms with Crippen molar-refractivity contribution in [2.75, 3.05) is 20.1 Å². The summed E-state index contributed by atoms with van der Waals surface area (Å²) in [5, 5.41) is 3.21. The highest BCUT2D eigenvalue weighted by Gasteiger charge is 2.36. The SMILES string of the molecule is CN(CC(N)=O)C(=O)C1(C)CCCCN1. The molecule has 1 unspecified atom stereocenters. The van der Waals surface area contributed by atoms with Crippen LogP contribution in [0.25, 0.3) is 0 Å². The summed E-state index contributed by atoms with van der Waals surface area (Å²) >= 11 is 0. The van der Waals surface area contributed by atoms with Crippen molar-refractivity contribution in [3.63, 3.8) is 0 Å². The van der Waals surface area contributed by atoms with Crippen molar-refractivity contribution in [2.45, 2.75) is 31.7 Å². The largest absolute Gasteiger partial charge is 0.368 e. The Hall–Kier alpha value is -1.10. The Labute approximate surface area is 90.0 Å². The zero-order valence-electron chi connectivity index (χ0n) is 9.38. The topological polar surface area (TPSA) is 75.4 Å². The summed E-state index contributed by atoms with van der Waals surface area (Å²) in [7, 11) is 1.61. The zero-order chi connectivity index (χ0) is 11.5. The molecule has 1 rings (SSSR count). The first-order valence-electron chi connectivity index (χ1n) is 5.24. The second kappa shape index (κ2) is 4.61. The number of amides is 2. The van der Waals surface area contributed by atoms with Crippen LogP contribution < -0.4 is 11.1 Å². The van der Waals surface area contributed by atoms with Gasteiger partial charge in [0.2, 0.25) is 11.8 Å². The molecule has 1 fully saturated rings. The van der Waals surface area contributed by atoms with Crippen molar-refractivity contribution >= 4 is 11.8 Å². The van der Waals surface area contributed by atoms with Crippen LogP contribution in [0.5, 0.6) is 0 Å². The van der Waals surface area contributed by atoms with E-state index in [1.54, 1.807) is 7.05 Å². The second-order valence-corrected chi connectivity index (χ2v) is 4.34. The van der Waals surface area contributed by atoms with Gasteiger partial charge in [0.25, 0.3) is 0 Å². The number of likely N-dealkylation sites (N-methyl/N-ethyl adjacent to an activating group) is 1. The van der Waals surface area contributed by atoms with Crippen LogP contribution >= 0.6 is 0 Å². The molecule has 1 aliphatic heterocycles. The first-order valence-corrected chi connectivity index (χ1v) is 5.24. The van der Waals surface area contributed by atoms with Gasteiger partial charge in [-0.05, 0) is 32.7 Å². The number of nitrogens with two attached hydrogens (primary N) is 1. The maximum Gasteiger partial charge on any atom is 0.242 e. The predicted octanol–water partition coefficient (Wildman–Crippen LogP) is -0.538. The third-order valence-corrected chi connectivity index (χ3v) is 2.83. The minimum absolute atomic E-state index is 0.0178. The molecule has 1 saturated heterocycles. The molecule has 1 aliphatic rings. The maximum absolute atomic E-state index is 12.0. The Balaban J connectivity index is 2.61. The Morgan fingerprint density at radius 3 is 2.60 bits per heavy atom. The molecule has 5 heteroatoms. The molecule has 0 aromatic rings. The standard InChI is InChI=1S/C10H19N3O2/c1-10(5-3-4-6-12-10)9(15)13(2)7-8(11)14/h12H,3-7H2,1-2H3,(H2,11,14). The molecular weight excluding hydrogens is 194 g/mol. The predicted molar refractivity (Wildman–Crippen MR) is 57.1 cm³/mol. The van der Waals surface area contributed by atoms with E-state index in [1.165, 1.54) is 4.90 Å². The summed E-state index contributed by atoms with van der Waals surface area (Å²) in [5.74, 6) is -0.536. The van der Waals surface area contributed by atoms with Gasteiger partial charge in [0.15, 0.2) is 0 Å². The van der Waals surface area contributed by atoms with Crippen molar-refractivity contribution in [2.24, 2.45) is 5.73 Å². The first-order chi connectivity index (χ1) is 6.96. The Morgan fingerprint density at radius 1 is 1.47 bits per heavy atom. The molecule has 0 saturated carbocycles. The lowest BCUT2D eigenvalue weighted by Gasteiger charge is -2.36. The fourth-order valence-corrected chi connectivity index (χ4v) is 1.97. The third kappa shape index (κ3) is 2.92. The molecule has 15 heavy (non-hydrogen) atoms. The average molecular weight is 213 g/mol. The number of carbonyl (C=O) groups is 2. The van der Waals surface area contributed by atoms with E-state index in [9.17, 15) is 9.59 Å². The number of nitrogens with zero attached hydrogens (tertiary/aromatic N) is 1. The molecule has 86 valence electrons. The highest BCUT2D eigenvalue weighted by atomic mass is 16.2. The van der Waals surface area contributed by atoms with Gasteiger partial charge < -0.3 is 16.0 Å². The molecule has 5 nitrogen and oxygen atoms in total. The lowest BCUT2D eigenvalue weighted by Crippen LogP contribution is -2.58. The Morgan fingerprint density at radius 2 is 2.13 bits per heavy atom. The maximum atomic E-state index is 12.0. The zero-order valence-corrected chi connectivity index (χ0v) is 9.38. The quantitative estimate of drug-likeness (QED) is 0.661. The molecule has 1 atom stereocenters. The molecular formula is C10H19N3O2. The fourth-order valence-electron chi connectivity index (χ4n) is 1.97. The van der Waals surface area contributed by atoms with Gasteiger partial charge in [0, 0.05) is 7.05 Å². The monoisotopic (exact) mass is 213 g/mol. The summed E-state index contributed by atoms with van der Waals surface area (Å²) in [6.07, 6.45) is 2.96. The van der Waals surface area contributed by atoms with Gasteiger partial charge in [-0.25, -0.2) is 0 Å². The second-order valence-electron chi connectivity index (χ2n) is 4.34. The molecule has 0 aliphatic carbocycles. The van der Waals surface area contributed by atoms with Gasteiger partial charge in [0.1, 0.15) is 0 Å². The van der Waals surface area contributed by atoms with Crippen LogP contribution in [0.2, 0.25) is 0 Å². The number of primary amides is 1. The number of rotatable bonds is 3. The van der Waals surface area contributed by atoms with Crippen LogP contribution in [0.15, 0.2) is 0 Å². The number of nitrogens with one attached hydrogen (secondary N) is 1. The normalized spacial score (nSPS) is 26.0. The lowest BCUT2D eigenvalue weighted by molar-refractivity contribution is -0.140. The molecule has 1 heterocycles. The van der Waals surface area contributed by atoms with E-state index in [4.69, 9.17) is 5.73 Å². The molecule has 0 aromatic carbocycles. The number of piperidine rings is 1. The van der Waals surface area contributed by atoms with Gasteiger partial charge in [-0.15, -0.1) is 0 Å². The van der Waals surface area contributed by atoms with Crippen LogP contribution in [0.3, 0.4) is 0 Å². The summed E-state index contributed by atoms with van der Waals surface area (Å²) in [5.41, 5.74) is 4.53.